The lowest BCUT2D eigenvalue weighted by Gasteiger charge is -2.36. The quantitative estimate of drug-likeness (QED) is 0.293. The van der Waals surface area contributed by atoms with Gasteiger partial charge in [-0.25, -0.2) is 0 Å². The summed E-state index contributed by atoms with van der Waals surface area (Å²) in [4.78, 5) is 2.46. The third-order valence-electron chi connectivity index (χ3n) is 3.40. The monoisotopic (exact) mass is 297 g/mol. The van der Waals surface area contributed by atoms with Gasteiger partial charge in [-0.15, -0.1) is 0 Å². The number of rotatable bonds is 6. The van der Waals surface area contributed by atoms with E-state index in [1.807, 2.05) is 13.1 Å². The van der Waals surface area contributed by atoms with E-state index in [1.165, 1.54) is 0 Å². The van der Waals surface area contributed by atoms with Crippen LogP contribution in [0.25, 0.3) is 10.4 Å². The van der Waals surface area contributed by atoms with Crippen molar-refractivity contribution in [3.63, 3.8) is 0 Å². The highest BCUT2D eigenvalue weighted by molar-refractivity contribution is 6.74. The van der Waals surface area contributed by atoms with Crippen LogP contribution in [0.15, 0.2) is 5.11 Å². The van der Waals surface area contributed by atoms with Gasteiger partial charge in [0, 0.05) is 17.6 Å². The first kappa shape index (κ1) is 18.3. The zero-order chi connectivity index (χ0) is 15.3. The van der Waals surface area contributed by atoms with Crippen molar-refractivity contribution in [1.82, 2.24) is 0 Å². The van der Waals surface area contributed by atoms with Gasteiger partial charge in [-0.1, -0.05) is 25.9 Å². The molecule has 0 saturated heterocycles. The van der Waals surface area contributed by atoms with Crippen molar-refractivity contribution in [3.05, 3.63) is 10.4 Å². The topological polar surface area (TPSA) is 58.0 Å². The van der Waals surface area contributed by atoms with Crippen molar-refractivity contribution < 1.29 is 17.6 Å². The molecule has 0 heterocycles. The predicted octanol–water partition coefficient (Wildman–Crippen LogP) is 5.03. The lowest BCUT2D eigenvalue weighted by atomic mass is 10.1. The molecule has 0 aromatic carbocycles. The highest BCUT2D eigenvalue weighted by atomic mass is 28.4. The van der Waals surface area contributed by atoms with E-state index in [-0.39, 0.29) is 18.1 Å². The fourth-order valence-electron chi connectivity index (χ4n) is 1.21. The SMILES string of the molecule is CC(C)(C)[Si](C)(C)OCCC(CC(F)(F)F)N=[N+]=[N-]. The van der Waals surface area contributed by atoms with Gasteiger partial charge < -0.3 is 4.43 Å². The van der Waals surface area contributed by atoms with Crippen LogP contribution >= 0.6 is 0 Å². The van der Waals surface area contributed by atoms with Crippen LogP contribution in [0.5, 0.6) is 0 Å². The van der Waals surface area contributed by atoms with Crippen LogP contribution in [0.1, 0.15) is 33.6 Å². The summed E-state index contributed by atoms with van der Waals surface area (Å²) in [6, 6.07) is -1.09. The Bertz CT molecular complexity index is 333. The van der Waals surface area contributed by atoms with Crippen molar-refractivity contribution in [2.45, 2.75) is 64.0 Å². The predicted molar refractivity (Wildman–Crippen MR) is 71.4 cm³/mol. The molecule has 0 aliphatic rings. The average Bonchev–Trinajstić information content (AvgIpc) is 2.13. The summed E-state index contributed by atoms with van der Waals surface area (Å²) in [6.45, 7) is 10.4. The van der Waals surface area contributed by atoms with Crippen molar-refractivity contribution in [1.29, 1.82) is 0 Å². The van der Waals surface area contributed by atoms with Gasteiger partial charge in [0.05, 0.1) is 6.42 Å². The van der Waals surface area contributed by atoms with Gasteiger partial charge in [-0.05, 0) is 30.1 Å². The Morgan fingerprint density at radius 3 is 2.16 bits per heavy atom. The molecule has 8 heteroatoms. The molecule has 0 amide bonds. The summed E-state index contributed by atoms with van der Waals surface area (Å²) in [5.74, 6) is 0. The molecule has 1 unspecified atom stereocenters. The molecule has 0 aromatic heterocycles. The van der Waals surface area contributed by atoms with E-state index in [9.17, 15) is 13.2 Å². The van der Waals surface area contributed by atoms with Crippen molar-refractivity contribution in [2.75, 3.05) is 6.61 Å². The second-order valence-corrected chi connectivity index (χ2v) is 10.9. The molecular weight excluding hydrogens is 275 g/mol. The van der Waals surface area contributed by atoms with Crippen LogP contribution in [0.2, 0.25) is 18.1 Å². The summed E-state index contributed by atoms with van der Waals surface area (Å²) in [7, 11) is -1.97. The van der Waals surface area contributed by atoms with E-state index in [4.69, 9.17) is 9.96 Å². The summed E-state index contributed by atoms with van der Waals surface area (Å²) >= 11 is 0. The van der Waals surface area contributed by atoms with E-state index in [0.717, 1.165) is 0 Å². The lowest BCUT2D eigenvalue weighted by molar-refractivity contribution is -0.138. The van der Waals surface area contributed by atoms with Gasteiger partial charge in [-0.3, -0.25) is 0 Å². The maximum absolute atomic E-state index is 12.3. The number of azide groups is 1. The van der Waals surface area contributed by atoms with Gasteiger partial charge in [-0.2, -0.15) is 13.2 Å². The van der Waals surface area contributed by atoms with Crippen LogP contribution in [0, 0.1) is 0 Å². The van der Waals surface area contributed by atoms with Crippen LogP contribution < -0.4 is 0 Å². The minimum atomic E-state index is -4.32. The Morgan fingerprint density at radius 2 is 1.79 bits per heavy atom. The number of halogens is 3. The third kappa shape index (κ3) is 7.44. The van der Waals surface area contributed by atoms with E-state index < -0.39 is 27.0 Å². The molecule has 0 N–H and O–H groups in total. The third-order valence-corrected chi connectivity index (χ3v) is 7.94. The zero-order valence-electron chi connectivity index (χ0n) is 12.1. The maximum Gasteiger partial charge on any atom is 0.389 e. The molecule has 0 fully saturated rings. The zero-order valence-corrected chi connectivity index (χ0v) is 13.1. The van der Waals surface area contributed by atoms with Crippen molar-refractivity contribution in [3.8, 4) is 0 Å². The van der Waals surface area contributed by atoms with Gasteiger partial charge in [0.25, 0.3) is 0 Å². The summed E-state index contributed by atoms with van der Waals surface area (Å²) < 4.78 is 42.6. The second-order valence-electron chi connectivity index (χ2n) is 6.08. The number of hydrogen-bond donors (Lipinski definition) is 0. The Morgan fingerprint density at radius 1 is 1.26 bits per heavy atom. The Hall–Kier alpha value is -0.723. The van der Waals surface area contributed by atoms with E-state index in [0.29, 0.717) is 0 Å². The standard InChI is InChI=1S/C11H22F3N3OSi/c1-10(2,3)19(4,5)18-7-6-9(16-17-15)8-11(12,13)14/h9H,6-8H2,1-5H3. The van der Waals surface area contributed by atoms with Crippen LogP contribution in [-0.2, 0) is 4.43 Å². The van der Waals surface area contributed by atoms with Crippen molar-refractivity contribution >= 4 is 8.32 Å². The molecule has 4 nitrogen and oxygen atoms in total. The van der Waals surface area contributed by atoms with Crippen molar-refractivity contribution in [2.24, 2.45) is 5.11 Å². The normalized spacial score (nSPS) is 14.9. The highest BCUT2D eigenvalue weighted by Gasteiger charge is 2.37. The molecule has 1 atom stereocenters. The molecule has 0 aliphatic carbocycles. The van der Waals surface area contributed by atoms with E-state index in [2.05, 4.69) is 30.8 Å². The minimum absolute atomic E-state index is 0.00498. The molecular formula is C11H22F3N3OSi. The first-order chi connectivity index (χ1) is 8.39. The molecule has 112 valence electrons. The summed E-state index contributed by atoms with van der Waals surface area (Å²) in [6.07, 6.45) is -5.33. The van der Waals surface area contributed by atoms with E-state index >= 15 is 0 Å². The Kier molecular flexibility index (Phi) is 6.38. The average molecular weight is 297 g/mol. The minimum Gasteiger partial charge on any atom is -0.417 e. The molecule has 0 radical (unpaired) electrons. The molecule has 19 heavy (non-hydrogen) atoms. The maximum atomic E-state index is 12.3. The first-order valence-electron chi connectivity index (χ1n) is 6.14. The van der Waals surface area contributed by atoms with E-state index in [1.54, 1.807) is 0 Å². The fraction of sp³-hybridized carbons (Fsp3) is 1.00. The first-order valence-corrected chi connectivity index (χ1v) is 9.05. The number of nitrogens with zero attached hydrogens (tertiary/aromatic N) is 3. The second kappa shape index (κ2) is 6.63. The molecule has 0 aliphatic heterocycles. The smallest absolute Gasteiger partial charge is 0.389 e. The largest absolute Gasteiger partial charge is 0.417 e. The fourth-order valence-corrected chi connectivity index (χ4v) is 2.27. The van der Waals surface area contributed by atoms with Crippen LogP contribution in [-0.4, -0.2) is 27.1 Å². The Balaban J connectivity index is 4.40. The molecule has 0 aromatic rings. The molecule has 0 spiro atoms. The van der Waals surface area contributed by atoms with Crippen LogP contribution in [0.3, 0.4) is 0 Å². The summed E-state index contributed by atoms with van der Waals surface area (Å²) in [5.41, 5.74) is 8.28. The van der Waals surface area contributed by atoms with Gasteiger partial charge >= 0.3 is 6.18 Å². The number of hydrogen-bond acceptors (Lipinski definition) is 2. The number of alkyl halides is 3. The molecule has 0 rings (SSSR count). The van der Waals surface area contributed by atoms with Gasteiger partial charge in [0.1, 0.15) is 0 Å². The highest BCUT2D eigenvalue weighted by Crippen LogP contribution is 2.36. The van der Waals surface area contributed by atoms with Crippen LogP contribution in [0.4, 0.5) is 13.2 Å². The lowest BCUT2D eigenvalue weighted by Crippen LogP contribution is -2.41. The molecule has 0 bridgehead atoms. The van der Waals surface area contributed by atoms with Gasteiger partial charge in [0.15, 0.2) is 8.32 Å². The molecule has 0 saturated carbocycles. The Labute approximate surface area is 113 Å². The summed E-state index contributed by atoms with van der Waals surface area (Å²) in [5, 5.41) is 3.19. The van der Waals surface area contributed by atoms with Gasteiger partial charge in [0.2, 0.25) is 0 Å².